The van der Waals surface area contributed by atoms with Crippen LogP contribution in [-0.4, -0.2) is 48.8 Å². The highest BCUT2D eigenvalue weighted by Crippen LogP contribution is 2.22. The first kappa shape index (κ1) is 24.9. The Bertz CT molecular complexity index is 724. The highest BCUT2D eigenvalue weighted by molar-refractivity contribution is 5.97. The van der Waals surface area contributed by atoms with E-state index in [1.807, 2.05) is 20.8 Å². The summed E-state index contributed by atoms with van der Waals surface area (Å²) in [6.45, 7) is 7.79. The van der Waals surface area contributed by atoms with E-state index in [9.17, 15) is 14.4 Å². The molecule has 2 rings (SSSR count). The number of piperidine rings is 1. The second-order valence-electron chi connectivity index (χ2n) is 7.85. The minimum Gasteiger partial charge on any atom is -0.355 e. The molecule has 29 heavy (non-hydrogen) atoms. The number of hydrogen-bond acceptors (Lipinski definition) is 4. The molecule has 0 radical (unpaired) electrons. The molecule has 1 fully saturated rings. The molecule has 3 amide bonds. The van der Waals surface area contributed by atoms with Crippen LogP contribution in [0.2, 0.25) is 0 Å². The number of halogens is 1. The van der Waals surface area contributed by atoms with Gasteiger partial charge in [0.1, 0.15) is 0 Å². The number of benzene rings is 1. The van der Waals surface area contributed by atoms with Gasteiger partial charge in [-0.1, -0.05) is 13.8 Å². The van der Waals surface area contributed by atoms with E-state index in [1.54, 1.807) is 23.1 Å². The molecule has 0 spiro atoms. The summed E-state index contributed by atoms with van der Waals surface area (Å²) in [5.41, 5.74) is 7.57. The average Bonchev–Trinajstić information content (AvgIpc) is 2.66. The quantitative estimate of drug-likeness (QED) is 0.624. The van der Waals surface area contributed by atoms with E-state index in [4.69, 9.17) is 5.73 Å². The number of hydrogen-bond donors (Lipinski definition) is 3. The van der Waals surface area contributed by atoms with Crippen LogP contribution in [0.25, 0.3) is 0 Å². The van der Waals surface area contributed by atoms with Gasteiger partial charge < -0.3 is 21.3 Å². The van der Waals surface area contributed by atoms with E-state index >= 15 is 0 Å². The first-order valence-electron chi connectivity index (χ1n) is 9.99. The molecule has 7 nitrogen and oxygen atoms in total. The average molecular weight is 425 g/mol. The molecule has 1 aromatic rings. The van der Waals surface area contributed by atoms with E-state index in [1.165, 1.54) is 0 Å². The Hall–Kier alpha value is -2.12. The molecule has 1 aromatic carbocycles. The molecule has 1 heterocycles. The van der Waals surface area contributed by atoms with Gasteiger partial charge in [-0.3, -0.25) is 14.4 Å². The molecule has 1 aliphatic rings. The van der Waals surface area contributed by atoms with Crippen molar-refractivity contribution in [3.05, 3.63) is 29.3 Å². The summed E-state index contributed by atoms with van der Waals surface area (Å²) in [6.07, 6.45) is 2.04. The van der Waals surface area contributed by atoms with Gasteiger partial charge in [-0.05, 0) is 49.4 Å². The molecule has 1 aliphatic heterocycles. The Balaban J connectivity index is 0.00000420. The molecular formula is C21H33ClN4O3. The topological polar surface area (TPSA) is 105 Å². The number of amides is 3. The predicted octanol–water partition coefficient (Wildman–Crippen LogP) is 2.33. The maximum absolute atomic E-state index is 12.9. The summed E-state index contributed by atoms with van der Waals surface area (Å²) in [7, 11) is 0. The number of rotatable bonds is 7. The van der Waals surface area contributed by atoms with E-state index < -0.39 is 0 Å². The lowest BCUT2D eigenvalue weighted by molar-refractivity contribution is -0.126. The van der Waals surface area contributed by atoms with Crippen molar-refractivity contribution in [3.63, 3.8) is 0 Å². The molecule has 0 saturated carbocycles. The van der Waals surface area contributed by atoms with Gasteiger partial charge in [0.2, 0.25) is 11.8 Å². The van der Waals surface area contributed by atoms with Crippen LogP contribution in [0.4, 0.5) is 5.69 Å². The molecule has 1 unspecified atom stereocenters. The number of nitrogens with two attached hydrogens (primary N) is 1. The van der Waals surface area contributed by atoms with E-state index in [0.717, 1.165) is 24.1 Å². The smallest absolute Gasteiger partial charge is 0.253 e. The molecular weight excluding hydrogens is 392 g/mol. The summed E-state index contributed by atoms with van der Waals surface area (Å²) in [6, 6.07) is 5.31. The van der Waals surface area contributed by atoms with Gasteiger partial charge in [0.05, 0.1) is 5.92 Å². The Morgan fingerprint density at radius 1 is 1.28 bits per heavy atom. The second-order valence-corrected chi connectivity index (χ2v) is 7.85. The highest BCUT2D eigenvalue weighted by atomic mass is 35.5. The van der Waals surface area contributed by atoms with E-state index in [-0.39, 0.29) is 42.0 Å². The zero-order valence-corrected chi connectivity index (χ0v) is 18.3. The van der Waals surface area contributed by atoms with Crippen molar-refractivity contribution in [2.24, 2.45) is 17.6 Å². The molecule has 162 valence electrons. The van der Waals surface area contributed by atoms with E-state index in [2.05, 4.69) is 10.6 Å². The highest BCUT2D eigenvalue weighted by Gasteiger charge is 2.28. The molecule has 8 heteroatoms. The number of carbonyl (C=O) groups excluding carboxylic acids is 3. The third kappa shape index (κ3) is 7.33. The summed E-state index contributed by atoms with van der Waals surface area (Å²) < 4.78 is 0. The number of likely N-dealkylation sites (tertiary alicyclic amines) is 1. The van der Waals surface area contributed by atoms with Crippen molar-refractivity contribution in [1.29, 1.82) is 0 Å². The fourth-order valence-electron chi connectivity index (χ4n) is 3.41. The van der Waals surface area contributed by atoms with Crippen LogP contribution < -0.4 is 16.4 Å². The lowest BCUT2D eigenvalue weighted by atomic mass is 9.96. The molecule has 4 N–H and O–H groups in total. The summed E-state index contributed by atoms with van der Waals surface area (Å²) in [4.78, 5) is 38.8. The van der Waals surface area contributed by atoms with Crippen molar-refractivity contribution in [3.8, 4) is 0 Å². The van der Waals surface area contributed by atoms with Crippen LogP contribution in [0.5, 0.6) is 0 Å². The van der Waals surface area contributed by atoms with Crippen LogP contribution >= 0.6 is 12.4 Å². The Morgan fingerprint density at radius 2 is 2.00 bits per heavy atom. The molecule has 0 aliphatic carbocycles. The van der Waals surface area contributed by atoms with Crippen molar-refractivity contribution < 1.29 is 14.4 Å². The van der Waals surface area contributed by atoms with Gasteiger partial charge in [-0.2, -0.15) is 0 Å². The SMILES string of the molecule is Cc1cc(C(=O)N2CCCC(C(=O)NCCN)C2)ccc1NC(=O)CC(C)C.Cl. The van der Waals surface area contributed by atoms with Crippen LogP contribution in [0, 0.1) is 18.8 Å². The van der Waals surface area contributed by atoms with Crippen molar-refractivity contribution in [2.75, 3.05) is 31.5 Å². The van der Waals surface area contributed by atoms with Crippen LogP contribution in [-0.2, 0) is 9.59 Å². The Kier molecular flexibility index (Phi) is 10.1. The minimum atomic E-state index is -0.194. The number of nitrogens with zero attached hydrogens (tertiary/aromatic N) is 1. The van der Waals surface area contributed by atoms with Crippen molar-refractivity contribution >= 4 is 35.8 Å². The van der Waals surface area contributed by atoms with Crippen LogP contribution in [0.15, 0.2) is 18.2 Å². The number of carbonyl (C=O) groups is 3. The first-order chi connectivity index (χ1) is 13.3. The minimum absolute atomic E-state index is 0. The summed E-state index contributed by atoms with van der Waals surface area (Å²) >= 11 is 0. The third-order valence-corrected chi connectivity index (χ3v) is 4.86. The van der Waals surface area contributed by atoms with Gasteiger partial charge >= 0.3 is 0 Å². The zero-order valence-electron chi connectivity index (χ0n) is 17.5. The lowest BCUT2D eigenvalue weighted by Crippen LogP contribution is -2.46. The molecule has 0 bridgehead atoms. The largest absolute Gasteiger partial charge is 0.355 e. The molecule has 1 saturated heterocycles. The zero-order chi connectivity index (χ0) is 20.7. The second kappa shape index (κ2) is 11.8. The normalized spacial score (nSPS) is 16.2. The number of anilines is 1. The summed E-state index contributed by atoms with van der Waals surface area (Å²) in [5.74, 6) is -0.0587. The molecule has 0 aromatic heterocycles. The Labute approximate surface area is 179 Å². The fourth-order valence-corrected chi connectivity index (χ4v) is 3.41. The maximum atomic E-state index is 12.9. The monoisotopic (exact) mass is 424 g/mol. The van der Waals surface area contributed by atoms with Crippen LogP contribution in [0.3, 0.4) is 0 Å². The van der Waals surface area contributed by atoms with Gasteiger partial charge in [-0.15, -0.1) is 12.4 Å². The van der Waals surface area contributed by atoms with Crippen molar-refractivity contribution in [2.45, 2.75) is 40.0 Å². The number of aryl methyl sites for hydroxylation is 1. The predicted molar refractivity (Wildman–Crippen MR) is 117 cm³/mol. The van der Waals surface area contributed by atoms with Gasteiger partial charge in [0.25, 0.3) is 5.91 Å². The third-order valence-electron chi connectivity index (χ3n) is 4.86. The number of nitrogens with one attached hydrogen (secondary N) is 2. The van der Waals surface area contributed by atoms with Gasteiger partial charge in [0, 0.05) is 43.9 Å². The lowest BCUT2D eigenvalue weighted by Gasteiger charge is -2.32. The fraction of sp³-hybridized carbons (Fsp3) is 0.571. The summed E-state index contributed by atoms with van der Waals surface area (Å²) in [5, 5.41) is 5.71. The van der Waals surface area contributed by atoms with Crippen LogP contribution in [0.1, 0.15) is 49.0 Å². The van der Waals surface area contributed by atoms with E-state index in [0.29, 0.717) is 38.2 Å². The first-order valence-corrected chi connectivity index (χ1v) is 9.99. The maximum Gasteiger partial charge on any atom is 0.253 e. The van der Waals surface area contributed by atoms with Gasteiger partial charge in [0.15, 0.2) is 0 Å². The Morgan fingerprint density at radius 3 is 2.62 bits per heavy atom. The standard InChI is InChI=1S/C21H32N4O3.ClH/c1-14(2)11-19(26)24-18-7-6-16(12-15(18)3)21(28)25-10-4-5-17(13-25)20(27)23-9-8-22;/h6-7,12,14,17H,4-5,8-11,13,22H2,1-3H3,(H,23,27)(H,24,26);1H. The van der Waals surface area contributed by atoms with Gasteiger partial charge in [-0.25, -0.2) is 0 Å². The van der Waals surface area contributed by atoms with Crippen molar-refractivity contribution in [1.82, 2.24) is 10.2 Å². The molecule has 1 atom stereocenters.